The zero-order valence-corrected chi connectivity index (χ0v) is 15.9. The van der Waals surface area contributed by atoms with Gasteiger partial charge >= 0.3 is 5.69 Å². The molecule has 4 unspecified atom stereocenters. The Labute approximate surface area is 170 Å². The van der Waals surface area contributed by atoms with Crippen molar-refractivity contribution in [2.45, 2.75) is 37.5 Å². The van der Waals surface area contributed by atoms with E-state index in [1.54, 1.807) is 0 Å². The second kappa shape index (κ2) is 8.36. The van der Waals surface area contributed by atoms with Gasteiger partial charge in [0.05, 0.1) is 18.8 Å². The maximum Gasteiger partial charge on any atom is 0.333 e. The third-order valence-electron chi connectivity index (χ3n) is 5.01. The lowest BCUT2D eigenvalue weighted by atomic mass is 10.1. The van der Waals surface area contributed by atoms with Gasteiger partial charge in [-0.3, -0.25) is 13.9 Å². The monoisotopic (exact) mass is 415 g/mol. The highest BCUT2D eigenvalue weighted by atomic mass is 16.6. The van der Waals surface area contributed by atoms with E-state index < -0.39 is 35.8 Å². The van der Waals surface area contributed by atoms with Crippen LogP contribution in [0.5, 0.6) is 0 Å². The maximum absolute atomic E-state index is 12.9. The molecular formula is C20H21N3O7. The maximum atomic E-state index is 12.9. The molecule has 0 saturated carbocycles. The standard InChI is InChI=1S/C20H21N3O7/c24-9-7-14-16(26)17(27)19(30-14)22-8-6-15(25)23(20(22)28)11-13-10-21-18(29-13)12-4-2-1-3-5-12/h1-6,8,10,14,16-17,19,24,26-27H,7,9,11H2. The summed E-state index contributed by atoms with van der Waals surface area (Å²) in [5, 5.41) is 29.4. The van der Waals surface area contributed by atoms with Gasteiger partial charge in [-0.2, -0.15) is 0 Å². The lowest BCUT2D eigenvalue weighted by Crippen LogP contribution is -2.43. The van der Waals surface area contributed by atoms with Crippen LogP contribution in [0.4, 0.5) is 0 Å². The predicted molar refractivity (Wildman–Crippen MR) is 104 cm³/mol. The van der Waals surface area contributed by atoms with E-state index >= 15 is 0 Å². The second-order valence-corrected chi connectivity index (χ2v) is 6.99. The van der Waals surface area contributed by atoms with Crippen LogP contribution in [0.15, 0.2) is 62.8 Å². The molecule has 1 saturated heterocycles. The molecule has 10 nitrogen and oxygen atoms in total. The number of oxazole rings is 1. The van der Waals surface area contributed by atoms with Gasteiger partial charge < -0.3 is 24.5 Å². The summed E-state index contributed by atoms with van der Waals surface area (Å²) in [7, 11) is 0. The van der Waals surface area contributed by atoms with Crippen LogP contribution >= 0.6 is 0 Å². The smallest absolute Gasteiger partial charge is 0.333 e. The van der Waals surface area contributed by atoms with E-state index in [1.165, 1.54) is 12.4 Å². The first kappa shape index (κ1) is 20.2. The van der Waals surface area contributed by atoms with Gasteiger partial charge in [-0.15, -0.1) is 0 Å². The Morgan fingerprint density at radius 1 is 1.07 bits per heavy atom. The molecule has 3 N–H and O–H groups in total. The topological polar surface area (TPSA) is 140 Å². The SMILES string of the molecule is O=c1ccn(C2OC(CCO)C(O)C2O)c(=O)n1Cc1cnc(-c2ccccc2)o1. The van der Waals surface area contributed by atoms with Crippen LogP contribution in [0, 0.1) is 0 Å². The molecule has 30 heavy (non-hydrogen) atoms. The van der Waals surface area contributed by atoms with Crippen molar-refractivity contribution in [2.75, 3.05) is 6.61 Å². The summed E-state index contributed by atoms with van der Waals surface area (Å²) >= 11 is 0. The molecular weight excluding hydrogens is 394 g/mol. The first-order valence-electron chi connectivity index (χ1n) is 9.44. The minimum Gasteiger partial charge on any atom is -0.439 e. The predicted octanol–water partition coefficient (Wildman–Crippen LogP) is -0.285. The lowest BCUT2D eigenvalue weighted by Gasteiger charge is -2.18. The Bertz CT molecular complexity index is 1120. The Hall–Kier alpha value is -3.05. The van der Waals surface area contributed by atoms with Gasteiger partial charge in [0.2, 0.25) is 5.89 Å². The van der Waals surface area contributed by atoms with E-state index in [1.807, 2.05) is 30.3 Å². The van der Waals surface area contributed by atoms with Gasteiger partial charge in [-0.1, -0.05) is 18.2 Å². The average molecular weight is 415 g/mol. The van der Waals surface area contributed by atoms with E-state index in [4.69, 9.17) is 14.3 Å². The molecule has 1 aliphatic rings. The summed E-state index contributed by atoms with van der Waals surface area (Å²) in [6.07, 6.45) is -1.93. The van der Waals surface area contributed by atoms with Crippen molar-refractivity contribution < 1.29 is 24.5 Å². The Balaban J connectivity index is 1.62. The van der Waals surface area contributed by atoms with Crippen molar-refractivity contribution in [3.8, 4) is 11.5 Å². The number of aliphatic hydroxyl groups is 3. The van der Waals surface area contributed by atoms with Crippen LogP contribution in [0.25, 0.3) is 11.5 Å². The van der Waals surface area contributed by atoms with Gasteiger partial charge in [0, 0.05) is 24.4 Å². The minimum absolute atomic E-state index is 0.101. The third kappa shape index (κ3) is 3.73. The molecule has 3 aromatic rings. The molecule has 10 heteroatoms. The molecule has 0 aliphatic carbocycles. The molecule has 0 spiro atoms. The summed E-state index contributed by atoms with van der Waals surface area (Å²) in [5.74, 6) is 0.663. The highest BCUT2D eigenvalue weighted by molar-refractivity contribution is 5.52. The van der Waals surface area contributed by atoms with Crippen molar-refractivity contribution >= 4 is 0 Å². The van der Waals surface area contributed by atoms with Gasteiger partial charge in [0.25, 0.3) is 5.56 Å². The number of nitrogens with zero attached hydrogens (tertiary/aromatic N) is 3. The van der Waals surface area contributed by atoms with Crippen LogP contribution in [-0.4, -0.2) is 54.4 Å². The number of hydrogen-bond donors (Lipinski definition) is 3. The molecule has 4 rings (SSSR count). The number of aliphatic hydroxyl groups excluding tert-OH is 3. The van der Waals surface area contributed by atoms with Crippen molar-refractivity contribution in [1.29, 1.82) is 0 Å². The van der Waals surface area contributed by atoms with Crippen LogP contribution < -0.4 is 11.2 Å². The number of aromatic nitrogens is 3. The fourth-order valence-corrected chi connectivity index (χ4v) is 3.45. The average Bonchev–Trinajstić information content (AvgIpc) is 3.33. The van der Waals surface area contributed by atoms with E-state index in [-0.39, 0.29) is 19.6 Å². The van der Waals surface area contributed by atoms with E-state index in [2.05, 4.69) is 4.98 Å². The summed E-state index contributed by atoms with van der Waals surface area (Å²) in [4.78, 5) is 29.4. The molecule has 0 bridgehead atoms. The highest BCUT2D eigenvalue weighted by Crippen LogP contribution is 2.29. The van der Waals surface area contributed by atoms with Crippen LogP contribution in [0.1, 0.15) is 18.4 Å². The van der Waals surface area contributed by atoms with E-state index in [0.717, 1.165) is 20.8 Å². The van der Waals surface area contributed by atoms with Gasteiger partial charge in [0.1, 0.15) is 18.0 Å². The highest BCUT2D eigenvalue weighted by Gasteiger charge is 2.43. The Kier molecular flexibility index (Phi) is 5.64. The van der Waals surface area contributed by atoms with Crippen LogP contribution in [-0.2, 0) is 11.3 Å². The van der Waals surface area contributed by atoms with Gasteiger partial charge in [-0.25, -0.2) is 9.78 Å². The first-order valence-corrected chi connectivity index (χ1v) is 9.44. The van der Waals surface area contributed by atoms with Crippen LogP contribution in [0.3, 0.4) is 0 Å². The molecule has 2 aromatic heterocycles. The van der Waals surface area contributed by atoms with Crippen molar-refractivity contribution in [2.24, 2.45) is 0 Å². The zero-order valence-electron chi connectivity index (χ0n) is 15.9. The normalized spacial score (nSPS) is 23.7. The number of benzene rings is 1. The van der Waals surface area contributed by atoms with Gasteiger partial charge in [0.15, 0.2) is 6.23 Å². The molecule has 0 amide bonds. The van der Waals surface area contributed by atoms with Crippen molar-refractivity contribution in [3.63, 3.8) is 0 Å². The summed E-state index contributed by atoms with van der Waals surface area (Å²) in [5.41, 5.74) is -0.539. The largest absolute Gasteiger partial charge is 0.439 e. The number of ether oxygens (including phenoxy) is 1. The van der Waals surface area contributed by atoms with Gasteiger partial charge in [-0.05, 0) is 18.6 Å². The minimum atomic E-state index is -1.39. The lowest BCUT2D eigenvalue weighted by molar-refractivity contribution is -0.0458. The molecule has 158 valence electrons. The summed E-state index contributed by atoms with van der Waals surface area (Å²) in [6.45, 7) is -0.408. The Morgan fingerprint density at radius 3 is 2.57 bits per heavy atom. The molecule has 4 atom stereocenters. The third-order valence-corrected chi connectivity index (χ3v) is 5.01. The molecule has 1 aromatic carbocycles. The van der Waals surface area contributed by atoms with E-state index in [0.29, 0.717) is 11.7 Å². The fourth-order valence-electron chi connectivity index (χ4n) is 3.45. The molecule has 3 heterocycles. The van der Waals surface area contributed by atoms with E-state index in [9.17, 15) is 19.8 Å². The molecule has 0 radical (unpaired) electrons. The molecule has 1 fully saturated rings. The van der Waals surface area contributed by atoms with Crippen LogP contribution in [0.2, 0.25) is 0 Å². The Morgan fingerprint density at radius 2 is 1.83 bits per heavy atom. The second-order valence-electron chi connectivity index (χ2n) is 6.99. The fraction of sp³-hybridized carbons (Fsp3) is 0.350. The molecule has 1 aliphatic heterocycles. The summed E-state index contributed by atoms with van der Waals surface area (Å²) < 4.78 is 13.2. The zero-order chi connectivity index (χ0) is 21.3. The van der Waals surface area contributed by atoms with Crippen molar-refractivity contribution in [1.82, 2.24) is 14.1 Å². The first-order chi connectivity index (χ1) is 14.5. The quantitative estimate of drug-likeness (QED) is 0.499. The number of hydrogen-bond acceptors (Lipinski definition) is 8. The number of rotatable bonds is 6. The van der Waals surface area contributed by atoms with Crippen molar-refractivity contribution in [3.05, 3.63) is 75.4 Å². The summed E-state index contributed by atoms with van der Waals surface area (Å²) in [6, 6.07) is 10.4.